The van der Waals surface area contributed by atoms with Crippen molar-refractivity contribution < 1.29 is 14.3 Å². The number of hydrogen-bond acceptors (Lipinski definition) is 4. The third kappa shape index (κ3) is 4.85. The van der Waals surface area contributed by atoms with E-state index in [1.807, 2.05) is 23.1 Å². The van der Waals surface area contributed by atoms with E-state index in [2.05, 4.69) is 17.1 Å². The zero-order valence-electron chi connectivity index (χ0n) is 17.2. The highest BCUT2D eigenvalue weighted by Crippen LogP contribution is 2.31. The molecule has 1 saturated heterocycles. The van der Waals surface area contributed by atoms with Crippen LogP contribution in [0.5, 0.6) is 5.75 Å². The van der Waals surface area contributed by atoms with Crippen LogP contribution in [-0.2, 0) is 4.79 Å². The third-order valence-electron chi connectivity index (χ3n) is 5.98. The summed E-state index contributed by atoms with van der Waals surface area (Å²) in [4.78, 5) is 29.9. The van der Waals surface area contributed by atoms with Gasteiger partial charge in [-0.1, -0.05) is 25.8 Å². The second-order valence-electron chi connectivity index (χ2n) is 7.84. The second kappa shape index (κ2) is 9.92. The molecule has 2 aliphatic rings. The maximum absolute atomic E-state index is 12.8. The maximum Gasteiger partial charge on any atom is 0.254 e. The largest absolute Gasteiger partial charge is 0.497 e. The number of hydrogen-bond donors (Lipinski definition) is 1. The van der Waals surface area contributed by atoms with Gasteiger partial charge < -0.3 is 15.0 Å². The van der Waals surface area contributed by atoms with Crippen molar-refractivity contribution in [2.75, 3.05) is 39.8 Å². The zero-order chi connectivity index (χ0) is 19.9. The monoisotopic (exact) mass is 387 g/mol. The van der Waals surface area contributed by atoms with Gasteiger partial charge in [0.2, 0.25) is 5.91 Å². The van der Waals surface area contributed by atoms with Crippen LogP contribution >= 0.6 is 0 Å². The lowest BCUT2D eigenvalue weighted by molar-refractivity contribution is -0.129. The lowest BCUT2D eigenvalue weighted by Gasteiger charge is -2.40. The first-order valence-electron chi connectivity index (χ1n) is 10.6. The molecule has 2 fully saturated rings. The van der Waals surface area contributed by atoms with Crippen molar-refractivity contribution in [2.24, 2.45) is 5.92 Å². The van der Waals surface area contributed by atoms with E-state index in [-0.39, 0.29) is 17.9 Å². The number of nitrogens with one attached hydrogen (secondary N) is 1. The van der Waals surface area contributed by atoms with Crippen molar-refractivity contribution in [2.45, 2.75) is 45.1 Å². The van der Waals surface area contributed by atoms with E-state index in [9.17, 15) is 9.59 Å². The summed E-state index contributed by atoms with van der Waals surface area (Å²) in [5, 5.41) is 3.10. The average molecular weight is 388 g/mol. The number of rotatable bonds is 7. The minimum atomic E-state index is -0.0527. The number of benzene rings is 1. The fraction of sp³-hybridized carbons (Fsp3) is 0.636. The normalized spacial score (nSPS) is 19.4. The molecule has 0 unspecified atom stereocenters. The molecule has 0 aromatic heterocycles. The first kappa shape index (κ1) is 20.6. The molecule has 0 bridgehead atoms. The second-order valence-corrected chi connectivity index (χ2v) is 7.84. The van der Waals surface area contributed by atoms with Crippen LogP contribution in [0.2, 0.25) is 0 Å². The van der Waals surface area contributed by atoms with Gasteiger partial charge in [-0.15, -0.1) is 0 Å². The van der Waals surface area contributed by atoms with Gasteiger partial charge in [-0.3, -0.25) is 14.5 Å². The van der Waals surface area contributed by atoms with Gasteiger partial charge in [0.05, 0.1) is 13.2 Å². The summed E-state index contributed by atoms with van der Waals surface area (Å²) < 4.78 is 5.23. The average Bonchev–Trinajstić information content (AvgIpc) is 3.26. The van der Waals surface area contributed by atoms with Crippen LogP contribution in [0.25, 0.3) is 0 Å². The van der Waals surface area contributed by atoms with Gasteiger partial charge in [0.15, 0.2) is 0 Å². The first-order chi connectivity index (χ1) is 13.6. The quantitative estimate of drug-likeness (QED) is 0.781. The molecule has 1 aromatic rings. The Morgan fingerprint density at radius 3 is 2.54 bits per heavy atom. The Balaban J connectivity index is 1.62. The Morgan fingerprint density at radius 2 is 1.89 bits per heavy atom. The van der Waals surface area contributed by atoms with Crippen molar-refractivity contribution in [1.82, 2.24) is 15.1 Å². The fourth-order valence-corrected chi connectivity index (χ4v) is 4.45. The zero-order valence-corrected chi connectivity index (χ0v) is 17.2. The highest BCUT2D eigenvalue weighted by Gasteiger charge is 2.37. The highest BCUT2D eigenvalue weighted by molar-refractivity contribution is 5.94. The minimum absolute atomic E-state index is 0.0337. The summed E-state index contributed by atoms with van der Waals surface area (Å²) >= 11 is 0. The molecule has 3 rings (SSSR count). The molecule has 0 spiro atoms. The molecule has 2 amide bonds. The molecular formula is C22H33N3O3. The number of amides is 2. The predicted octanol–water partition coefficient (Wildman–Crippen LogP) is 2.54. The Morgan fingerprint density at radius 1 is 1.18 bits per heavy atom. The molecule has 6 heteroatoms. The molecule has 1 aromatic carbocycles. The van der Waals surface area contributed by atoms with Crippen molar-refractivity contribution in [1.29, 1.82) is 0 Å². The Labute approximate surface area is 168 Å². The van der Waals surface area contributed by atoms with Crippen LogP contribution in [0.3, 0.4) is 0 Å². The van der Waals surface area contributed by atoms with E-state index in [0.717, 1.165) is 38.9 Å². The van der Waals surface area contributed by atoms with Crippen LogP contribution < -0.4 is 10.1 Å². The summed E-state index contributed by atoms with van der Waals surface area (Å²) in [6.45, 7) is 5.61. The molecular weight excluding hydrogens is 354 g/mol. The van der Waals surface area contributed by atoms with Crippen LogP contribution in [-0.4, -0.2) is 67.5 Å². The summed E-state index contributed by atoms with van der Waals surface area (Å²) in [7, 11) is 1.61. The van der Waals surface area contributed by atoms with Gasteiger partial charge in [-0.25, -0.2) is 0 Å². The molecule has 1 atom stereocenters. The van der Waals surface area contributed by atoms with E-state index in [1.165, 1.54) is 12.8 Å². The lowest BCUT2D eigenvalue weighted by Crippen LogP contribution is -2.58. The molecule has 1 aliphatic heterocycles. The number of methoxy groups -OCH3 is 1. The van der Waals surface area contributed by atoms with Crippen molar-refractivity contribution in [3.8, 4) is 5.75 Å². The first-order valence-corrected chi connectivity index (χ1v) is 10.6. The number of nitrogens with zero attached hydrogens (tertiary/aromatic N) is 2. The van der Waals surface area contributed by atoms with E-state index in [4.69, 9.17) is 4.74 Å². The fourth-order valence-electron chi connectivity index (χ4n) is 4.45. The van der Waals surface area contributed by atoms with Crippen molar-refractivity contribution >= 4 is 11.8 Å². The van der Waals surface area contributed by atoms with Crippen molar-refractivity contribution in [3.05, 3.63) is 29.8 Å². The van der Waals surface area contributed by atoms with Crippen molar-refractivity contribution in [3.63, 3.8) is 0 Å². The minimum Gasteiger partial charge on any atom is -0.497 e. The smallest absolute Gasteiger partial charge is 0.254 e. The van der Waals surface area contributed by atoms with E-state index in [0.29, 0.717) is 30.3 Å². The number of ether oxygens (including phenoxy) is 1. The standard InChI is InChI=1S/C22H33N3O3/c1-3-11-23-21(26)20(17-7-4-5-8-17)24-12-14-25(15-13-24)22(27)18-9-6-10-19(16-18)28-2/h6,9-10,16-17,20H,3-5,7-8,11-15H2,1-2H3,(H,23,26)/t20-/m0/s1. The summed E-state index contributed by atoms with van der Waals surface area (Å²) in [5.74, 6) is 1.34. The van der Waals surface area contributed by atoms with Gasteiger partial charge in [0.1, 0.15) is 5.75 Å². The lowest BCUT2D eigenvalue weighted by atomic mass is 9.95. The van der Waals surface area contributed by atoms with Crippen LogP contribution in [0, 0.1) is 5.92 Å². The molecule has 6 nitrogen and oxygen atoms in total. The number of carbonyl (C=O) groups excluding carboxylic acids is 2. The molecule has 154 valence electrons. The summed E-state index contributed by atoms with van der Waals surface area (Å²) in [5.41, 5.74) is 0.654. The predicted molar refractivity (Wildman–Crippen MR) is 110 cm³/mol. The molecule has 1 aliphatic carbocycles. The van der Waals surface area contributed by atoms with Gasteiger partial charge in [0.25, 0.3) is 5.91 Å². The van der Waals surface area contributed by atoms with Crippen LogP contribution in [0.4, 0.5) is 0 Å². The van der Waals surface area contributed by atoms with E-state index >= 15 is 0 Å². The Hall–Kier alpha value is -2.08. The maximum atomic E-state index is 12.8. The molecule has 1 N–H and O–H groups in total. The molecule has 28 heavy (non-hydrogen) atoms. The Bertz CT molecular complexity index is 665. The summed E-state index contributed by atoms with van der Waals surface area (Å²) in [6.07, 6.45) is 5.65. The van der Waals surface area contributed by atoms with E-state index in [1.54, 1.807) is 13.2 Å². The SMILES string of the molecule is CCCNC(=O)[C@H](C1CCCC1)N1CCN(C(=O)c2cccc(OC)c2)CC1. The molecule has 1 saturated carbocycles. The van der Waals surface area contributed by atoms with Gasteiger partial charge >= 0.3 is 0 Å². The van der Waals surface area contributed by atoms with Crippen LogP contribution in [0.15, 0.2) is 24.3 Å². The van der Waals surface area contributed by atoms with Gasteiger partial charge in [0, 0.05) is 38.3 Å². The van der Waals surface area contributed by atoms with E-state index < -0.39 is 0 Å². The summed E-state index contributed by atoms with van der Waals surface area (Å²) in [6, 6.07) is 7.25. The molecule has 0 radical (unpaired) electrons. The topological polar surface area (TPSA) is 61.9 Å². The van der Waals surface area contributed by atoms with Gasteiger partial charge in [-0.2, -0.15) is 0 Å². The Kier molecular flexibility index (Phi) is 7.31. The number of piperazine rings is 1. The highest BCUT2D eigenvalue weighted by atomic mass is 16.5. The van der Waals surface area contributed by atoms with Gasteiger partial charge in [-0.05, 0) is 43.4 Å². The van der Waals surface area contributed by atoms with Crippen LogP contribution in [0.1, 0.15) is 49.4 Å². The molecule has 1 heterocycles. The third-order valence-corrected chi connectivity index (χ3v) is 5.98. The number of carbonyl (C=O) groups is 2.